The van der Waals surface area contributed by atoms with Crippen molar-refractivity contribution in [1.29, 1.82) is 0 Å². The van der Waals surface area contributed by atoms with Crippen molar-refractivity contribution in [3.63, 3.8) is 0 Å². The monoisotopic (exact) mass is 446 g/mol. The molecule has 6 N–H and O–H groups in total. The average Bonchev–Trinajstić information content (AvgIpc) is 2.73. The Morgan fingerprint density at radius 3 is 2.28 bits per heavy atom. The van der Waals surface area contributed by atoms with Crippen LogP contribution in [0.1, 0.15) is 0 Å². The van der Waals surface area contributed by atoms with E-state index in [1.54, 1.807) is 0 Å². The molecule has 2 heterocycles. The van der Waals surface area contributed by atoms with Gasteiger partial charge in [-0.2, -0.15) is 0 Å². The molecule has 0 amide bonds. The zero-order valence-corrected chi connectivity index (χ0v) is 16.2. The van der Waals surface area contributed by atoms with Gasteiger partial charge in [0, 0.05) is 23.8 Å². The molecule has 2 aromatic carbocycles. The van der Waals surface area contributed by atoms with E-state index in [0.29, 0.717) is 5.56 Å². The van der Waals surface area contributed by atoms with E-state index in [2.05, 4.69) is 0 Å². The molecule has 0 radical (unpaired) electrons. The molecular weight excluding hydrogens is 428 g/mol. The van der Waals surface area contributed by atoms with Crippen LogP contribution in [0, 0.1) is 0 Å². The lowest BCUT2D eigenvalue weighted by Crippen LogP contribution is -2.61. The third kappa shape index (κ3) is 3.85. The van der Waals surface area contributed by atoms with Gasteiger partial charge in [-0.3, -0.25) is 4.79 Å². The van der Waals surface area contributed by atoms with E-state index >= 15 is 0 Å². The van der Waals surface area contributed by atoms with Crippen molar-refractivity contribution in [3.8, 4) is 28.6 Å². The molecule has 32 heavy (non-hydrogen) atoms. The first-order valence-electron chi connectivity index (χ1n) is 9.35. The van der Waals surface area contributed by atoms with E-state index < -0.39 is 47.9 Å². The maximum atomic E-state index is 12.5. The molecule has 4 rings (SSSR count). The fourth-order valence-electron chi connectivity index (χ4n) is 3.36. The summed E-state index contributed by atoms with van der Waals surface area (Å²) in [6, 6.07) is 9.24. The molecule has 168 valence electrons. The standard InChI is InChI=1S/C21H18O11/c22-9-3-1-8(2-4-9)13-7-12(24)15-11(23)5-10(6-14(15)31-13)30-21-18(27)16(25)17(26)19(32-21)20(28)29/h1-7,16-19,21-23,25-27H,(H,28,29)/t16-,17-,18+,19-,21?/m1/s1. The van der Waals surface area contributed by atoms with Crippen LogP contribution in [-0.2, 0) is 9.53 Å². The Balaban J connectivity index is 1.71. The van der Waals surface area contributed by atoms with Crippen LogP contribution in [0.2, 0.25) is 0 Å². The van der Waals surface area contributed by atoms with E-state index in [4.69, 9.17) is 19.0 Å². The van der Waals surface area contributed by atoms with Gasteiger partial charge in [0.05, 0.1) is 0 Å². The summed E-state index contributed by atoms with van der Waals surface area (Å²) in [6.45, 7) is 0. The second kappa shape index (κ2) is 8.13. The highest BCUT2D eigenvalue weighted by Gasteiger charge is 2.48. The number of aromatic hydroxyl groups is 2. The Hall–Kier alpha value is -3.64. The molecule has 0 bridgehead atoms. The molecule has 0 spiro atoms. The first-order chi connectivity index (χ1) is 15.2. The summed E-state index contributed by atoms with van der Waals surface area (Å²) in [6.07, 6.45) is -9.15. The van der Waals surface area contributed by atoms with Gasteiger partial charge in [-0.15, -0.1) is 0 Å². The number of carboxylic acids is 1. The SMILES string of the molecule is O=C(O)[C@@H]1OC(Oc2cc(O)c3c(=O)cc(-c4ccc(O)cc4)oc3c2)[C@@H](O)[C@H](O)[C@H]1O. The highest BCUT2D eigenvalue weighted by atomic mass is 16.7. The Morgan fingerprint density at radius 2 is 1.62 bits per heavy atom. The summed E-state index contributed by atoms with van der Waals surface area (Å²) in [5.41, 5.74) is -0.173. The summed E-state index contributed by atoms with van der Waals surface area (Å²) in [5.74, 6) is -2.11. The van der Waals surface area contributed by atoms with Gasteiger partial charge in [0.2, 0.25) is 6.29 Å². The molecule has 0 saturated carbocycles. The molecule has 11 heteroatoms. The van der Waals surface area contributed by atoms with Gasteiger partial charge in [0.25, 0.3) is 0 Å². The number of aliphatic hydroxyl groups is 3. The molecule has 1 aliphatic heterocycles. The molecular formula is C21H18O11. The number of benzene rings is 2. The van der Waals surface area contributed by atoms with Crippen molar-refractivity contribution >= 4 is 16.9 Å². The Bertz CT molecular complexity index is 1220. The number of carboxylic acid groups (broad SMARTS) is 1. The molecule has 1 unspecified atom stereocenters. The summed E-state index contributed by atoms with van der Waals surface area (Å²) in [4.78, 5) is 23.7. The predicted octanol–water partition coefficient (Wildman–Crippen LogP) is 0.142. The van der Waals surface area contributed by atoms with Crippen LogP contribution in [0.15, 0.2) is 51.7 Å². The van der Waals surface area contributed by atoms with Crippen LogP contribution < -0.4 is 10.2 Å². The van der Waals surface area contributed by atoms with E-state index in [-0.39, 0.29) is 28.2 Å². The zero-order valence-electron chi connectivity index (χ0n) is 16.2. The van der Waals surface area contributed by atoms with Gasteiger partial charge in [0.15, 0.2) is 11.5 Å². The van der Waals surface area contributed by atoms with Gasteiger partial charge in [-0.25, -0.2) is 4.79 Å². The molecule has 1 saturated heterocycles. The number of phenolic OH excluding ortho intramolecular Hbond substituents is 2. The van der Waals surface area contributed by atoms with Crippen LogP contribution in [0.5, 0.6) is 17.2 Å². The quantitative estimate of drug-likeness (QED) is 0.320. The van der Waals surface area contributed by atoms with Crippen molar-refractivity contribution < 1.29 is 49.3 Å². The zero-order chi connectivity index (χ0) is 23.2. The molecule has 1 fully saturated rings. The number of hydrogen-bond donors (Lipinski definition) is 6. The largest absolute Gasteiger partial charge is 0.508 e. The smallest absolute Gasteiger partial charge is 0.335 e. The summed E-state index contributed by atoms with van der Waals surface area (Å²) in [5, 5.41) is 58.5. The minimum absolute atomic E-state index is 0.0169. The van der Waals surface area contributed by atoms with Crippen LogP contribution in [-0.4, -0.2) is 67.3 Å². The highest BCUT2D eigenvalue weighted by molar-refractivity contribution is 5.86. The van der Waals surface area contributed by atoms with Crippen molar-refractivity contribution in [2.24, 2.45) is 0 Å². The lowest BCUT2D eigenvalue weighted by Gasteiger charge is -2.38. The van der Waals surface area contributed by atoms with Crippen molar-refractivity contribution in [3.05, 3.63) is 52.7 Å². The van der Waals surface area contributed by atoms with Gasteiger partial charge in [-0.05, 0) is 24.3 Å². The number of ether oxygens (including phenoxy) is 2. The number of hydrogen-bond acceptors (Lipinski definition) is 10. The van der Waals surface area contributed by atoms with Crippen molar-refractivity contribution in [1.82, 2.24) is 0 Å². The lowest BCUT2D eigenvalue weighted by atomic mass is 9.99. The maximum absolute atomic E-state index is 12.5. The third-order valence-electron chi connectivity index (χ3n) is 5.00. The molecule has 11 nitrogen and oxygen atoms in total. The highest BCUT2D eigenvalue weighted by Crippen LogP contribution is 2.33. The van der Waals surface area contributed by atoms with E-state index in [0.717, 1.165) is 12.1 Å². The second-order valence-electron chi connectivity index (χ2n) is 7.19. The van der Waals surface area contributed by atoms with Gasteiger partial charge >= 0.3 is 5.97 Å². The van der Waals surface area contributed by atoms with Crippen LogP contribution >= 0.6 is 0 Å². The number of phenols is 2. The Morgan fingerprint density at radius 1 is 0.938 bits per heavy atom. The fraction of sp³-hybridized carbons (Fsp3) is 0.238. The topological polar surface area (TPSA) is 187 Å². The number of aliphatic hydroxyl groups excluding tert-OH is 3. The summed E-state index contributed by atoms with van der Waals surface area (Å²) >= 11 is 0. The lowest BCUT2D eigenvalue weighted by molar-refractivity contribution is -0.271. The summed E-state index contributed by atoms with van der Waals surface area (Å²) in [7, 11) is 0. The van der Waals surface area contributed by atoms with Crippen LogP contribution in [0.25, 0.3) is 22.3 Å². The fourth-order valence-corrected chi connectivity index (χ4v) is 3.36. The minimum Gasteiger partial charge on any atom is -0.508 e. The number of fused-ring (bicyclic) bond motifs is 1. The number of carbonyl (C=O) groups is 1. The number of aliphatic carboxylic acids is 1. The normalized spacial score (nSPS) is 25.5. The van der Waals surface area contributed by atoms with E-state index in [9.17, 15) is 35.1 Å². The minimum atomic E-state index is -1.89. The predicted molar refractivity (Wildman–Crippen MR) is 106 cm³/mol. The maximum Gasteiger partial charge on any atom is 0.335 e. The molecule has 1 aromatic heterocycles. The molecule has 0 aliphatic carbocycles. The van der Waals surface area contributed by atoms with Gasteiger partial charge in [-0.1, -0.05) is 0 Å². The van der Waals surface area contributed by atoms with Crippen LogP contribution in [0.4, 0.5) is 0 Å². The first-order valence-corrected chi connectivity index (χ1v) is 9.35. The third-order valence-corrected chi connectivity index (χ3v) is 5.00. The molecule has 1 aliphatic rings. The second-order valence-corrected chi connectivity index (χ2v) is 7.19. The Labute approximate surface area is 178 Å². The van der Waals surface area contributed by atoms with E-state index in [1.807, 2.05) is 0 Å². The van der Waals surface area contributed by atoms with E-state index in [1.165, 1.54) is 30.3 Å². The van der Waals surface area contributed by atoms with Crippen molar-refractivity contribution in [2.45, 2.75) is 30.7 Å². The van der Waals surface area contributed by atoms with Crippen molar-refractivity contribution in [2.75, 3.05) is 0 Å². The number of rotatable bonds is 4. The average molecular weight is 446 g/mol. The summed E-state index contributed by atoms with van der Waals surface area (Å²) < 4.78 is 16.1. The first kappa shape index (κ1) is 21.6. The Kier molecular flexibility index (Phi) is 5.48. The van der Waals surface area contributed by atoms with Crippen LogP contribution in [0.3, 0.4) is 0 Å². The van der Waals surface area contributed by atoms with Gasteiger partial charge in [0.1, 0.15) is 52.3 Å². The molecule has 3 aromatic rings. The van der Waals surface area contributed by atoms with Gasteiger partial charge < -0.3 is 44.5 Å². The molecule has 5 atom stereocenters.